The Morgan fingerprint density at radius 3 is 1.81 bits per heavy atom. The fourth-order valence-corrected chi connectivity index (χ4v) is 7.69. The summed E-state index contributed by atoms with van der Waals surface area (Å²) in [6.07, 6.45) is 6.53. The minimum absolute atomic E-state index is 0. The normalized spacial score (nSPS) is 14.2. The molecule has 1 radical (unpaired) electrons. The molecule has 0 saturated heterocycles. The van der Waals surface area contributed by atoms with Crippen LogP contribution in [0.5, 0.6) is 0 Å². The zero-order valence-electron chi connectivity index (χ0n) is 29.2. The maximum absolute atomic E-state index is 4.02. The van der Waals surface area contributed by atoms with Gasteiger partial charge in [0.2, 0.25) is 0 Å². The quantitative estimate of drug-likeness (QED) is 0.240. The van der Waals surface area contributed by atoms with Crippen molar-refractivity contribution in [1.82, 2.24) is 0 Å². The van der Waals surface area contributed by atoms with Crippen molar-refractivity contribution in [2.45, 2.75) is 72.1 Å². The van der Waals surface area contributed by atoms with E-state index >= 15 is 0 Å². The standard InChI is InChI=1S/C45H43.2ClH.Zr/c1-28-16-15-21-35-37(24-29(2)40(28)35)42-38-26-32-25-33(44(3,4)5)22-23-34(32)36(38)27-39(43(42)45(6,7)8)41(30-17-11-9-12-18-30)31-19-13-10-14-20-31;;;/h9-25,27,37H,1-8H3;2*1H;/q-1;;;+3/p-2. The van der Waals surface area contributed by atoms with Crippen molar-refractivity contribution in [3.63, 3.8) is 0 Å². The number of aryl methyl sites for hydroxylation is 1. The van der Waals surface area contributed by atoms with Gasteiger partial charge in [-0.05, 0) is 68.9 Å². The van der Waals surface area contributed by atoms with Crippen LogP contribution in [0.25, 0.3) is 28.3 Å². The van der Waals surface area contributed by atoms with E-state index in [2.05, 4.69) is 171 Å². The van der Waals surface area contributed by atoms with Gasteiger partial charge in [0.15, 0.2) is 0 Å². The molecule has 0 bridgehead atoms. The molecule has 48 heavy (non-hydrogen) atoms. The topological polar surface area (TPSA) is 0 Å². The maximum atomic E-state index is 4.02. The minimum atomic E-state index is -0.129. The third-order valence-corrected chi connectivity index (χ3v) is 9.71. The summed E-state index contributed by atoms with van der Waals surface area (Å²) < 4.78 is 0. The number of hydrogen-bond donors (Lipinski definition) is 0. The zero-order valence-corrected chi connectivity index (χ0v) is 33.2. The Bertz CT molecular complexity index is 2090. The molecule has 2 aliphatic carbocycles. The SMILES string of the molecule is CC1=CC(c2c(C(C)(C)C)c(=C(c3ccccc3)c3ccccc3)cc3c2=[C-]c2cc(C(C)(C)C)ccc2-3)c2cccc(C)c21.[Cl-].[Cl-].[Zr+3]. The largest absolute Gasteiger partial charge is 3.00 e. The summed E-state index contributed by atoms with van der Waals surface area (Å²) in [6, 6.07) is 38.3. The average Bonchev–Trinajstić information content (AvgIpc) is 3.54. The molecule has 7 rings (SSSR count). The van der Waals surface area contributed by atoms with Crippen LogP contribution in [0.3, 0.4) is 0 Å². The number of rotatable bonds is 3. The van der Waals surface area contributed by atoms with Crippen molar-refractivity contribution < 1.29 is 51.0 Å². The van der Waals surface area contributed by atoms with E-state index in [-0.39, 0.29) is 67.8 Å². The molecule has 5 aromatic carbocycles. The molecule has 0 saturated carbocycles. The molecule has 3 heteroatoms. The van der Waals surface area contributed by atoms with Gasteiger partial charge in [-0.3, -0.25) is 0 Å². The van der Waals surface area contributed by atoms with E-state index in [9.17, 15) is 0 Å². The van der Waals surface area contributed by atoms with E-state index in [0.717, 1.165) is 0 Å². The summed E-state index contributed by atoms with van der Waals surface area (Å²) >= 11 is 0. The van der Waals surface area contributed by atoms with E-state index in [1.807, 2.05) is 0 Å². The van der Waals surface area contributed by atoms with E-state index in [1.54, 1.807) is 0 Å². The van der Waals surface area contributed by atoms with Crippen LogP contribution in [-0.4, -0.2) is 0 Å². The molecule has 5 aromatic rings. The second-order valence-electron chi connectivity index (χ2n) is 15.0. The molecule has 0 heterocycles. The number of hydrogen-bond acceptors (Lipinski definition) is 0. The zero-order chi connectivity index (χ0) is 31.7. The minimum Gasteiger partial charge on any atom is -1.00 e. The van der Waals surface area contributed by atoms with Gasteiger partial charge in [-0.1, -0.05) is 161 Å². The van der Waals surface area contributed by atoms with E-state index in [1.165, 1.54) is 82.8 Å². The Hall–Kier alpha value is -2.96. The molecule has 2 aliphatic rings. The van der Waals surface area contributed by atoms with Crippen molar-refractivity contribution in [2.24, 2.45) is 0 Å². The van der Waals surface area contributed by atoms with Gasteiger partial charge in [0, 0.05) is 5.92 Å². The predicted octanol–water partition coefficient (Wildman–Crippen LogP) is 4.08. The van der Waals surface area contributed by atoms with Gasteiger partial charge in [0.05, 0.1) is 0 Å². The van der Waals surface area contributed by atoms with Crippen LogP contribution in [0.1, 0.15) is 104 Å². The first kappa shape index (κ1) is 37.9. The fourth-order valence-electron chi connectivity index (χ4n) is 7.69. The Morgan fingerprint density at radius 2 is 1.25 bits per heavy atom. The molecule has 0 aliphatic heterocycles. The molecule has 0 fully saturated rings. The Morgan fingerprint density at radius 1 is 0.646 bits per heavy atom. The Labute approximate surface area is 319 Å². The van der Waals surface area contributed by atoms with Gasteiger partial charge in [0.1, 0.15) is 0 Å². The number of benzene rings is 5. The average molecular weight is 746 g/mol. The summed E-state index contributed by atoms with van der Waals surface area (Å²) in [7, 11) is 0. The summed E-state index contributed by atoms with van der Waals surface area (Å²) in [5.74, 6) is 0.152. The number of allylic oxidation sites excluding steroid dienone is 2. The van der Waals surface area contributed by atoms with Crippen molar-refractivity contribution in [3.05, 3.63) is 170 Å². The van der Waals surface area contributed by atoms with Crippen LogP contribution in [-0.2, 0) is 37.0 Å². The van der Waals surface area contributed by atoms with Gasteiger partial charge >= 0.3 is 26.2 Å². The summed E-state index contributed by atoms with van der Waals surface area (Å²) in [6.45, 7) is 18.6. The third-order valence-electron chi connectivity index (χ3n) is 9.71. The molecule has 0 N–H and O–H groups in total. The molecule has 0 aromatic heterocycles. The van der Waals surface area contributed by atoms with Gasteiger partial charge in [-0.2, -0.15) is 0 Å². The first-order chi connectivity index (χ1) is 21.4. The molecular formula is C45H43Cl2Zr. The second-order valence-corrected chi connectivity index (χ2v) is 15.0. The second kappa shape index (κ2) is 14.1. The van der Waals surface area contributed by atoms with Crippen LogP contribution < -0.4 is 35.3 Å². The monoisotopic (exact) mass is 743 g/mol. The first-order valence-corrected chi connectivity index (χ1v) is 16.3. The van der Waals surface area contributed by atoms with Gasteiger partial charge in [0.25, 0.3) is 0 Å². The van der Waals surface area contributed by atoms with Crippen molar-refractivity contribution in [2.75, 3.05) is 0 Å². The van der Waals surface area contributed by atoms with Gasteiger partial charge in [-0.25, -0.2) is 0 Å². The van der Waals surface area contributed by atoms with Crippen LogP contribution in [0.4, 0.5) is 0 Å². The number of halogens is 2. The van der Waals surface area contributed by atoms with E-state index < -0.39 is 0 Å². The molecule has 1 unspecified atom stereocenters. The molecule has 0 amide bonds. The van der Waals surface area contributed by atoms with Crippen molar-refractivity contribution in [1.29, 1.82) is 0 Å². The summed E-state index contributed by atoms with van der Waals surface area (Å²) in [5, 5.41) is 2.57. The van der Waals surface area contributed by atoms with Crippen LogP contribution in [0.2, 0.25) is 0 Å². The molecular weight excluding hydrogens is 703 g/mol. The van der Waals surface area contributed by atoms with Crippen LogP contribution in [0, 0.1) is 6.92 Å². The fraction of sp³-hybridized carbons (Fsp3) is 0.244. The van der Waals surface area contributed by atoms with Crippen molar-refractivity contribution in [3.8, 4) is 11.1 Å². The number of fused-ring (bicyclic) bond motifs is 4. The third kappa shape index (κ3) is 6.52. The molecule has 1 atom stereocenters. The van der Waals surface area contributed by atoms with Gasteiger partial charge < -0.3 is 24.8 Å². The van der Waals surface area contributed by atoms with E-state index in [4.69, 9.17) is 0 Å². The van der Waals surface area contributed by atoms with Gasteiger partial charge in [-0.15, -0.1) is 34.1 Å². The first-order valence-electron chi connectivity index (χ1n) is 16.3. The van der Waals surface area contributed by atoms with Crippen molar-refractivity contribution >= 4 is 17.2 Å². The summed E-state index contributed by atoms with van der Waals surface area (Å²) in [5.41, 5.74) is 17.2. The summed E-state index contributed by atoms with van der Waals surface area (Å²) in [4.78, 5) is 0. The van der Waals surface area contributed by atoms with Crippen LogP contribution >= 0.6 is 0 Å². The maximum Gasteiger partial charge on any atom is 3.00 e. The smallest absolute Gasteiger partial charge is 1.00 e. The molecule has 0 spiro atoms. The molecule has 0 nitrogen and oxygen atoms in total. The Kier molecular flexibility index (Phi) is 11.1. The predicted molar refractivity (Wildman–Crippen MR) is 192 cm³/mol. The Balaban J connectivity index is 0.00000173. The molecule has 241 valence electrons. The van der Waals surface area contributed by atoms with E-state index in [0.29, 0.717) is 0 Å². The van der Waals surface area contributed by atoms with Crippen LogP contribution in [0.15, 0.2) is 109 Å².